The van der Waals surface area contributed by atoms with Crippen molar-refractivity contribution in [2.75, 3.05) is 39.5 Å². The van der Waals surface area contributed by atoms with E-state index in [1.807, 2.05) is 0 Å². The largest absolute Gasteiger partial charge is 0.480 e. The van der Waals surface area contributed by atoms with E-state index in [1.165, 1.54) is 19.0 Å². The molecule has 0 heterocycles. The average Bonchev–Trinajstić information content (AvgIpc) is 2.46. The van der Waals surface area contributed by atoms with Gasteiger partial charge in [0.05, 0.1) is 6.42 Å². The molecule has 0 radical (unpaired) electrons. The Morgan fingerprint density at radius 1 is 1.23 bits per heavy atom. The fourth-order valence-electron chi connectivity index (χ4n) is 1.39. The lowest BCUT2D eigenvalue weighted by Crippen LogP contribution is -2.41. The average molecular weight is 334 g/mol. The molecular formula is C13H22N2O6S. The van der Waals surface area contributed by atoms with Gasteiger partial charge in [-0.05, 0) is 0 Å². The Morgan fingerprint density at radius 3 is 2.27 bits per heavy atom. The summed E-state index contributed by atoms with van der Waals surface area (Å²) >= 11 is 4.00. The predicted octanol–water partition coefficient (Wildman–Crippen LogP) is -0.513. The number of carboxylic acids is 1. The van der Waals surface area contributed by atoms with Crippen molar-refractivity contribution >= 4 is 36.4 Å². The summed E-state index contributed by atoms with van der Waals surface area (Å²) in [5.74, 6) is -2.77. The van der Waals surface area contributed by atoms with E-state index in [0.29, 0.717) is 0 Å². The van der Waals surface area contributed by atoms with Gasteiger partial charge < -0.3 is 19.6 Å². The topological polar surface area (TPSA) is 104 Å². The Hall–Kier alpha value is -1.77. The highest BCUT2D eigenvalue weighted by Crippen LogP contribution is 2.06. The van der Waals surface area contributed by atoms with Gasteiger partial charge in [-0.3, -0.25) is 19.2 Å². The van der Waals surface area contributed by atoms with E-state index in [1.54, 1.807) is 6.92 Å². The van der Waals surface area contributed by atoms with E-state index in [-0.39, 0.29) is 31.2 Å². The van der Waals surface area contributed by atoms with Crippen molar-refractivity contribution in [1.82, 2.24) is 9.80 Å². The molecule has 0 aliphatic carbocycles. The van der Waals surface area contributed by atoms with E-state index < -0.39 is 30.3 Å². The summed E-state index contributed by atoms with van der Waals surface area (Å²) in [7, 11) is 3.06. The second-order valence-corrected chi connectivity index (χ2v) is 5.30. The Morgan fingerprint density at radius 2 is 1.82 bits per heavy atom. The van der Waals surface area contributed by atoms with Crippen molar-refractivity contribution in [2.24, 2.45) is 5.92 Å². The van der Waals surface area contributed by atoms with Crippen LogP contribution in [0.2, 0.25) is 0 Å². The van der Waals surface area contributed by atoms with Crippen LogP contribution in [0.25, 0.3) is 0 Å². The van der Waals surface area contributed by atoms with Gasteiger partial charge in [0, 0.05) is 32.3 Å². The number of carbonyl (C=O) groups is 4. The molecule has 0 aliphatic rings. The number of ether oxygens (including phenoxy) is 1. The van der Waals surface area contributed by atoms with Crippen LogP contribution in [0.4, 0.5) is 0 Å². The van der Waals surface area contributed by atoms with Crippen LogP contribution in [0.1, 0.15) is 13.3 Å². The number of aliphatic carboxylic acids is 1. The third-order valence-electron chi connectivity index (χ3n) is 2.77. The fraction of sp³-hybridized carbons (Fsp3) is 0.692. The van der Waals surface area contributed by atoms with Crippen molar-refractivity contribution in [2.45, 2.75) is 13.3 Å². The van der Waals surface area contributed by atoms with Crippen LogP contribution in [0, 0.1) is 5.92 Å². The molecule has 1 atom stereocenters. The zero-order valence-corrected chi connectivity index (χ0v) is 13.8. The molecule has 8 nitrogen and oxygen atoms in total. The Labute approximate surface area is 134 Å². The van der Waals surface area contributed by atoms with E-state index >= 15 is 0 Å². The van der Waals surface area contributed by atoms with E-state index in [2.05, 4.69) is 12.6 Å². The monoisotopic (exact) mass is 334 g/mol. The van der Waals surface area contributed by atoms with Crippen molar-refractivity contribution in [3.63, 3.8) is 0 Å². The Bertz CT molecular complexity index is 427. The molecule has 1 unspecified atom stereocenters. The maximum atomic E-state index is 12.0. The summed E-state index contributed by atoms with van der Waals surface area (Å²) < 4.78 is 4.76. The first kappa shape index (κ1) is 20.2. The number of hydrogen-bond donors (Lipinski definition) is 2. The van der Waals surface area contributed by atoms with Gasteiger partial charge >= 0.3 is 11.9 Å². The van der Waals surface area contributed by atoms with Crippen molar-refractivity contribution in [1.29, 1.82) is 0 Å². The number of carboxylic acid groups (broad SMARTS) is 1. The van der Waals surface area contributed by atoms with Crippen LogP contribution in [0.3, 0.4) is 0 Å². The number of thiol groups is 1. The van der Waals surface area contributed by atoms with E-state index in [9.17, 15) is 19.2 Å². The SMILES string of the molecule is CC(CS)C(=O)N(CCC(=O)OCC(=O)N(C)C)CC(=O)O. The van der Waals surface area contributed by atoms with Gasteiger partial charge in [0.25, 0.3) is 5.91 Å². The van der Waals surface area contributed by atoms with Crippen LogP contribution in [0.15, 0.2) is 0 Å². The van der Waals surface area contributed by atoms with Crippen LogP contribution in [-0.4, -0.2) is 78.2 Å². The van der Waals surface area contributed by atoms with Crippen LogP contribution >= 0.6 is 12.6 Å². The third kappa shape index (κ3) is 7.87. The molecule has 0 aromatic carbocycles. The van der Waals surface area contributed by atoms with E-state index in [0.717, 1.165) is 4.90 Å². The molecule has 0 fully saturated rings. The zero-order valence-electron chi connectivity index (χ0n) is 12.9. The fourth-order valence-corrected chi connectivity index (χ4v) is 1.55. The van der Waals surface area contributed by atoms with Gasteiger partial charge in [-0.1, -0.05) is 6.92 Å². The zero-order chi connectivity index (χ0) is 17.3. The minimum atomic E-state index is -1.17. The predicted molar refractivity (Wildman–Crippen MR) is 81.5 cm³/mol. The first-order valence-electron chi connectivity index (χ1n) is 6.66. The molecule has 1 N–H and O–H groups in total. The van der Waals surface area contributed by atoms with Gasteiger partial charge in [-0.15, -0.1) is 0 Å². The van der Waals surface area contributed by atoms with Gasteiger partial charge in [-0.2, -0.15) is 12.6 Å². The molecule has 0 spiro atoms. The van der Waals surface area contributed by atoms with Crippen LogP contribution < -0.4 is 0 Å². The molecule has 0 aromatic rings. The lowest BCUT2D eigenvalue weighted by Gasteiger charge is -2.23. The normalized spacial score (nSPS) is 11.5. The minimum Gasteiger partial charge on any atom is -0.480 e. The number of rotatable bonds is 9. The van der Waals surface area contributed by atoms with Gasteiger partial charge in [0.1, 0.15) is 6.54 Å². The summed E-state index contributed by atoms with van der Waals surface area (Å²) in [6.45, 7) is 0.656. The number of nitrogens with zero attached hydrogens (tertiary/aromatic N) is 2. The summed E-state index contributed by atoms with van der Waals surface area (Å²) in [5, 5.41) is 8.81. The van der Waals surface area contributed by atoms with Gasteiger partial charge in [-0.25, -0.2) is 0 Å². The highest BCUT2D eigenvalue weighted by atomic mass is 32.1. The second kappa shape index (κ2) is 10.0. The molecule has 0 aromatic heterocycles. The van der Waals surface area contributed by atoms with Crippen molar-refractivity contribution in [3.05, 3.63) is 0 Å². The number of esters is 1. The molecule has 0 rings (SSSR count). The molecule has 0 saturated heterocycles. The minimum absolute atomic E-state index is 0.0851. The van der Waals surface area contributed by atoms with E-state index in [4.69, 9.17) is 9.84 Å². The van der Waals surface area contributed by atoms with Crippen LogP contribution in [0.5, 0.6) is 0 Å². The van der Waals surface area contributed by atoms with Crippen molar-refractivity contribution in [3.8, 4) is 0 Å². The first-order valence-corrected chi connectivity index (χ1v) is 7.29. The summed E-state index contributed by atoms with van der Waals surface area (Å²) in [5.41, 5.74) is 0. The molecule has 126 valence electrons. The first-order chi connectivity index (χ1) is 10.2. The maximum absolute atomic E-state index is 12.0. The molecule has 9 heteroatoms. The maximum Gasteiger partial charge on any atom is 0.323 e. The molecule has 22 heavy (non-hydrogen) atoms. The standard InChI is InChI=1S/C13H22N2O6S/c1-9(8-22)13(20)15(6-11(17)18)5-4-12(19)21-7-10(16)14(2)3/h9,22H,4-8H2,1-3H3,(H,17,18). The lowest BCUT2D eigenvalue weighted by atomic mass is 10.2. The molecule has 2 amide bonds. The smallest absolute Gasteiger partial charge is 0.323 e. The number of hydrogen-bond acceptors (Lipinski definition) is 6. The quantitative estimate of drug-likeness (QED) is 0.435. The van der Waals surface area contributed by atoms with Gasteiger partial charge in [0.15, 0.2) is 6.61 Å². The number of amides is 2. The third-order valence-corrected chi connectivity index (χ3v) is 3.32. The second-order valence-electron chi connectivity index (χ2n) is 4.94. The number of likely N-dealkylation sites (N-methyl/N-ethyl adjacent to an activating group) is 1. The molecule has 0 saturated carbocycles. The molecular weight excluding hydrogens is 312 g/mol. The van der Waals surface area contributed by atoms with Crippen molar-refractivity contribution < 1.29 is 29.0 Å². The highest BCUT2D eigenvalue weighted by molar-refractivity contribution is 7.80. The molecule has 0 bridgehead atoms. The Balaban J connectivity index is 4.44. The Kier molecular flexibility index (Phi) is 9.23. The molecule has 0 aliphatic heterocycles. The summed E-state index contributed by atoms with van der Waals surface area (Å²) in [6.07, 6.45) is -0.182. The lowest BCUT2D eigenvalue weighted by molar-refractivity contribution is -0.152. The van der Waals surface area contributed by atoms with Gasteiger partial charge in [0.2, 0.25) is 5.91 Å². The number of carbonyl (C=O) groups excluding carboxylic acids is 3. The summed E-state index contributed by atoms with van der Waals surface area (Å²) in [4.78, 5) is 47.9. The summed E-state index contributed by atoms with van der Waals surface area (Å²) in [6, 6.07) is 0. The van der Waals surface area contributed by atoms with Crippen LogP contribution in [-0.2, 0) is 23.9 Å². The highest BCUT2D eigenvalue weighted by Gasteiger charge is 2.22.